The summed E-state index contributed by atoms with van der Waals surface area (Å²) in [6.07, 6.45) is 11.7. The van der Waals surface area contributed by atoms with Crippen LogP contribution in [0.3, 0.4) is 0 Å². The zero-order chi connectivity index (χ0) is 15.2. The summed E-state index contributed by atoms with van der Waals surface area (Å²) in [5.74, 6) is 0.472. The van der Waals surface area contributed by atoms with Crippen molar-refractivity contribution in [2.75, 3.05) is 6.26 Å². The normalized spacial score (nSPS) is 33.3. The molecule has 22 heavy (non-hydrogen) atoms. The fourth-order valence-electron chi connectivity index (χ4n) is 4.99. The van der Waals surface area contributed by atoms with Gasteiger partial charge in [0.2, 0.25) is 5.91 Å². The Morgan fingerprint density at radius 3 is 2.50 bits per heavy atom. The van der Waals surface area contributed by atoms with Crippen molar-refractivity contribution in [3.8, 4) is 0 Å². The van der Waals surface area contributed by atoms with Crippen LogP contribution in [0.25, 0.3) is 0 Å². The molecule has 2 aliphatic heterocycles. The minimum absolute atomic E-state index is 0.179. The van der Waals surface area contributed by atoms with Crippen molar-refractivity contribution in [3.05, 3.63) is 22.4 Å². The number of rotatable bonds is 3. The van der Waals surface area contributed by atoms with Crippen LogP contribution in [0.1, 0.15) is 56.2 Å². The van der Waals surface area contributed by atoms with Crippen molar-refractivity contribution < 1.29 is 4.79 Å². The maximum Gasteiger partial charge on any atom is 0.234 e. The number of nitrogens with zero attached hydrogens (tertiary/aromatic N) is 1. The van der Waals surface area contributed by atoms with Gasteiger partial charge in [-0.25, -0.2) is 0 Å². The molecule has 120 valence electrons. The molecule has 1 aromatic rings. The van der Waals surface area contributed by atoms with Gasteiger partial charge in [-0.15, -0.1) is 11.3 Å². The molecule has 3 heterocycles. The number of hydrogen-bond acceptors (Lipinski definition) is 3. The van der Waals surface area contributed by atoms with E-state index in [0.29, 0.717) is 18.0 Å². The maximum absolute atomic E-state index is 13.6. The van der Waals surface area contributed by atoms with Gasteiger partial charge in [-0.1, -0.05) is 18.9 Å². The first-order valence-electron chi connectivity index (χ1n) is 8.64. The van der Waals surface area contributed by atoms with E-state index in [4.69, 9.17) is 0 Å². The topological polar surface area (TPSA) is 20.3 Å². The summed E-state index contributed by atoms with van der Waals surface area (Å²) >= 11 is 3.79. The van der Waals surface area contributed by atoms with Crippen molar-refractivity contribution >= 4 is 29.0 Å². The van der Waals surface area contributed by atoms with E-state index in [9.17, 15) is 4.79 Å². The highest BCUT2D eigenvalue weighted by Gasteiger charge is 2.52. The van der Waals surface area contributed by atoms with Gasteiger partial charge in [-0.05, 0) is 56.2 Å². The van der Waals surface area contributed by atoms with Gasteiger partial charge in [-0.3, -0.25) is 4.79 Å². The first-order valence-corrected chi connectivity index (χ1v) is 10.8. The molecule has 1 saturated carbocycles. The maximum atomic E-state index is 13.6. The zero-order valence-electron chi connectivity index (χ0n) is 13.3. The summed E-state index contributed by atoms with van der Waals surface area (Å²) in [4.78, 5) is 17.3. The molecule has 3 fully saturated rings. The fourth-order valence-corrected chi connectivity index (χ4v) is 6.80. The summed E-state index contributed by atoms with van der Waals surface area (Å²) in [5.41, 5.74) is -0.179. The standard InChI is InChI=1S/C18H25NOS2/c1-21-15-11-13-6-7-14(12-15)19(13)17(20)18(8-2-3-9-18)16-5-4-10-22-16/h4-5,10,13-15H,2-3,6-9,11-12H2,1H3/t13-,14+,15?. The van der Waals surface area contributed by atoms with E-state index in [1.54, 1.807) is 11.3 Å². The third kappa shape index (κ3) is 2.25. The molecule has 1 amide bonds. The highest BCUT2D eigenvalue weighted by molar-refractivity contribution is 7.99. The van der Waals surface area contributed by atoms with Gasteiger partial charge in [-0.2, -0.15) is 11.8 Å². The second-order valence-electron chi connectivity index (χ2n) is 7.19. The van der Waals surface area contributed by atoms with Gasteiger partial charge in [0, 0.05) is 22.2 Å². The quantitative estimate of drug-likeness (QED) is 0.813. The first-order chi connectivity index (χ1) is 10.7. The Morgan fingerprint density at radius 2 is 1.95 bits per heavy atom. The minimum atomic E-state index is -0.179. The van der Waals surface area contributed by atoms with Crippen molar-refractivity contribution in [1.82, 2.24) is 4.90 Å². The van der Waals surface area contributed by atoms with Crippen LogP contribution in [0.4, 0.5) is 0 Å². The summed E-state index contributed by atoms with van der Waals surface area (Å²) < 4.78 is 0. The first kappa shape index (κ1) is 15.1. The molecule has 4 heteroatoms. The van der Waals surface area contributed by atoms with Gasteiger partial charge in [0.05, 0.1) is 5.41 Å². The smallest absolute Gasteiger partial charge is 0.234 e. The second-order valence-corrected chi connectivity index (χ2v) is 9.28. The van der Waals surface area contributed by atoms with Crippen molar-refractivity contribution in [3.63, 3.8) is 0 Å². The Labute approximate surface area is 141 Å². The van der Waals surface area contributed by atoms with E-state index >= 15 is 0 Å². The molecular formula is C18H25NOS2. The van der Waals surface area contributed by atoms with Gasteiger partial charge >= 0.3 is 0 Å². The Bertz CT molecular complexity index is 521. The van der Waals surface area contributed by atoms with E-state index in [2.05, 4.69) is 28.7 Å². The van der Waals surface area contributed by atoms with Gasteiger partial charge in [0.15, 0.2) is 0 Å². The molecule has 1 aliphatic carbocycles. The number of thioether (sulfide) groups is 1. The lowest BCUT2D eigenvalue weighted by molar-refractivity contribution is -0.141. The van der Waals surface area contributed by atoms with Crippen LogP contribution in [-0.2, 0) is 10.2 Å². The Balaban J connectivity index is 1.63. The Kier molecular flexibility index (Phi) is 4.02. The number of carbonyl (C=O) groups excluding carboxylic acids is 1. The second kappa shape index (κ2) is 5.86. The molecule has 0 aromatic carbocycles. The summed E-state index contributed by atoms with van der Waals surface area (Å²) in [6, 6.07) is 5.34. The Hall–Kier alpha value is -0.480. The van der Waals surface area contributed by atoms with Gasteiger partial charge in [0.25, 0.3) is 0 Å². The number of carbonyl (C=O) groups is 1. The van der Waals surface area contributed by atoms with Gasteiger partial charge < -0.3 is 4.90 Å². The molecule has 2 saturated heterocycles. The fraction of sp³-hybridized carbons (Fsp3) is 0.722. The van der Waals surface area contributed by atoms with E-state index in [-0.39, 0.29) is 5.41 Å². The minimum Gasteiger partial charge on any atom is -0.336 e. The largest absolute Gasteiger partial charge is 0.336 e. The van der Waals surface area contributed by atoms with Crippen molar-refractivity contribution in [2.24, 2.45) is 0 Å². The molecule has 4 rings (SSSR count). The van der Waals surface area contributed by atoms with E-state index in [1.807, 2.05) is 11.8 Å². The molecule has 3 aliphatic rings. The molecule has 0 radical (unpaired) electrons. The molecule has 1 unspecified atom stereocenters. The van der Waals surface area contributed by atoms with E-state index < -0.39 is 0 Å². The average molecular weight is 336 g/mol. The van der Waals surface area contributed by atoms with Crippen LogP contribution < -0.4 is 0 Å². The zero-order valence-corrected chi connectivity index (χ0v) is 14.9. The highest BCUT2D eigenvalue weighted by Crippen LogP contribution is 2.48. The van der Waals surface area contributed by atoms with Crippen LogP contribution in [0.15, 0.2) is 17.5 Å². The van der Waals surface area contributed by atoms with E-state index in [1.165, 1.54) is 43.4 Å². The Morgan fingerprint density at radius 1 is 1.27 bits per heavy atom. The third-order valence-corrected chi connectivity index (χ3v) is 8.24. The number of thiophene rings is 1. The van der Waals surface area contributed by atoms with Gasteiger partial charge in [0.1, 0.15) is 0 Å². The molecular weight excluding hydrogens is 310 g/mol. The lowest BCUT2D eigenvalue weighted by atomic mass is 9.81. The van der Waals surface area contributed by atoms with Crippen molar-refractivity contribution in [1.29, 1.82) is 0 Å². The predicted octanol–water partition coefficient (Wildman–Crippen LogP) is 4.44. The molecule has 1 aromatic heterocycles. The SMILES string of the molecule is CSC1C[C@H]2CC[C@@H](C1)N2C(=O)C1(c2cccs2)CCCC1. The third-order valence-electron chi connectivity index (χ3n) is 6.12. The number of fused-ring (bicyclic) bond motifs is 2. The van der Waals surface area contributed by atoms with Crippen LogP contribution in [0.5, 0.6) is 0 Å². The van der Waals surface area contributed by atoms with Crippen molar-refractivity contribution in [2.45, 2.75) is 74.1 Å². The molecule has 0 N–H and O–H groups in total. The van der Waals surface area contributed by atoms with Crippen LogP contribution in [0.2, 0.25) is 0 Å². The number of hydrogen-bond donors (Lipinski definition) is 0. The molecule has 2 bridgehead atoms. The number of piperidine rings is 1. The molecule has 0 spiro atoms. The highest BCUT2D eigenvalue weighted by atomic mass is 32.2. The van der Waals surface area contributed by atoms with E-state index in [0.717, 1.165) is 18.1 Å². The summed E-state index contributed by atoms with van der Waals surface area (Å²) in [7, 11) is 0. The summed E-state index contributed by atoms with van der Waals surface area (Å²) in [5, 5.41) is 2.90. The van der Waals surface area contributed by atoms with Crippen LogP contribution in [-0.4, -0.2) is 34.4 Å². The molecule has 3 atom stereocenters. The molecule has 2 nitrogen and oxygen atoms in total. The number of amides is 1. The lowest BCUT2D eigenvalue weighted by Crippen LogP contribution is -2.54. The lowest BCUT2D eigenvalue weighted by Gasteiger charge is -2.43. The van der Waals surface area contributed by atoms with Crippen LogP contribution in [0, 0.1) is 0 Å². The van der Waals surface area contributed by atoms with Crippen LogP contribution >= 0.6 is 23.1 Å². The predicted molar refractivity (Wildman–Crippen MR) is 94.7 cm³/mol. The average Bonchev–Trinajstić information content (AvgIpc) is 3.26. The monoisotopic (exact) mass is 335 g/mol. The summed E-state index contributed by atoms with van der Waals surface area (Å²) in [6.45, 7) is 0.